The lowest BCUT2D eigenvalue weighted by molar-refractivity contribution is -0.148. The van der Waals surface area contributed by atoms with Gasteiger partial charge in [-0.1, -0.05) is 44.8 Å². The summed E-state index contributed by atoms with van der Waals surface area (Å²) >= 11 is 0. The maximum absolute atomic E-state index is 10.9. The Kier molecular flexibility index (Phi) is 5.98. The van der Waals surface area contributed by atoms with Crippen LogP contribution in [0.3, 0.4) is 0 Å². The van der Waals surface area contributed by atoms with Crippen LogP contribution in [-0.2, 0) is 9.53 Å². The zero-order valence-electron chi connectivity index (χ0n) is 12.3. The smallest absolute Gasteiger partial charge is 0.304 e. The summed E-state index contributed by atoms with van der Waals surface area (Å²) in [5.74, 6) is 6.19. The van der Waals surface area contributed by atoms with Crippen LogP contribution in [0.2, 0.25) is 25.2 Å². The number of hydrogen-bond acceptors (Lipinski definition) is 2. The van der Waals surface area contributed by atoms with Crippen molar-refractivity contribution in [1.82, 2.24) is 0 Å². The van der Waals surface area contributed by atoms with Crippen LogP contribution in [-0.4, -0.2) is 19.6 Å². The Morgan fingerprint density at radius 2 is 1.88 bits per heavy atom. The normalized spacial score (nSPS) is 13.6. The summed E-state index contributed by atoms with van der Waals surface area (Å²) in [6.45, 7) is 14.3. The van der Waals surface area contributed by atoms with Gasteiger partial charge >= 0.3 is 5.97 Å². The molecule has 0 fully saturated rings. The van der Waals surface area contributed by atoms with Crippen LogP contribution in [0, 0.1) is 11.8 Å². The third kappa shape index (κ3) is 7.22. The Hall–Kier alpha value is -0.753. The Morgan fingerprint density at radius 3 is 2.24 bits per heavy atom. The number of carbonyl (C=O) groups excluding carboxylic acids is 1. The average Bonchev–Trinajstić information content (AvgIpc) is 2.07. The largest absolute Gasteiger partial charge is 0.447 e. The summed E-state index contributed by atoms with van der Waals surface area (Å²) < 4.78 is 5.18. The molecule has 0 saturated carbocycles. The first-order chi connectivity index (χ1) is 7.58. The van der Waals surface area contributed by atoms with E-state index in [2.05, 4.69) is 38.4 Å². The fourth-order valence-electron chi connectivity index (χ4n) is 1.66. The van der Waals surface area contributed by atoms with Crippen molar-refractivity contribution in [2.45, 2.75) is 71.3 Å². The molecule has 0 saturated heterocycles. The molecule has 3 heteroatoms. The average molecular weight is 254 g/mol. The summed E-state index contributed by atoms with van der Waals surface area (Å²) in [4.78, 5) is 10.9. The van der Waals surface area contributed by atoms with Crippen molar-refractivity contribution in [3.63, 3.8) is 0 Å². The van der Waals surface area contributed by atoms with E-state index in [0.717, 1.165) is 12.8 Å². The van der Waals surface area contributed by atoms with Gasteiger partial charge in [0.1, 0.15) is 0 Å². The minimum absolute atomic E-state index is 0.274. The van der Waals surface area contributed by atoms with Crippen molar-refractivity contribution in [1.29, 1.82) is 0 Å². The fourth-order valence-corrected chi connectivity index (χ4v) is 3.32. The molecule has 0 aromatic carbocycles. The number of rotatable bonds is 4. The van der Waals surface area contributed by atoms with Crippen LogP contribution >= 0.6 is 0 Å². The van der Waals surface area contributed by atoms with E-state index >= 15 is 0 Å². The molecule has 98 valence electrons. The molecule has 0 rings (SSSR count). The van der Waals surface area contributed by atoms with E-state index in [0.29, 0.717) is 5.54 Å². The maximum atomic E-state index is 10.9. The number of carbonyl (C=O) groups is 1. The zero-order chi connectivity index (χ0) is 13.7. The van der Waals surface area contributed by atoms with Gasteiger partial charge in [0, 0.05) is 12.5 Å². The predicted molar refractivity (Wildman–Crippen MR) is 75.6 cm³/mol. The second-order valence-corrected chi connectivity index (χ2v) is 11.5. The lowest BCUT2D eigenvalue weighted by atomic mass is 10.1. The minimum Gasteiger partial charge on any atom is -0.447 e. The lowest BCUT2D eigenvalue weighted by Crippen LogP contribution is -2.29. The van der Waals surface area contributed by atoms with Gasteiger partial charge in [-0.15, -0.1) is 0 Å². The van der Waals surface area contributed by atoms with Gasteiger partial charge in [0.05, 0.1) is 8.07 Å². The van der Waals surface area contributed by atoms with Gasteiger partial charge in [0.25, 0.3) is 0 Å². The molecular formula is C14H26O2Si. The van der Waals surface area contributed by atoms with Crippen LogP contribution in [0.25, 0.3) is 0 Å². The van der Waals surface area contributed by atoms with Crippen LogP contribution in [0.15, 0.2) is 0 Å². The molecular weight excluding hydrogens is 228 g/mol. The van der Waals surface area contributed by atoms with Crippen molar-refractivity contribution in [3.05, 3.63) is 0 Å². The Balaban J connectivity index is 4.82. The van der Waals surface area contributed by atoms with Gasteiger partial charge in [-0.05, 0) is 20.3 Å². The monoisotopic (exact) mass is 254 g/mol. The highest BCUT2D eigenvalue weighted by atomic mass is 28.3. The molecule has 1 unspecified atom stereocenters. The van der Waals surface area contributed by atoms with Gasteiger partial charge in [-0.2, -0.15) is 0 Å². The Morgan fingerprint density at radius 1 is 1.35 bits per heavy atom. The first-order valence-electron chi connectivity index (χ1n) is 6.31. The van der Waals surface area contributed by atoms with E-state index in [-0.39, 0.29) is 5.97 Å². The quantitative estimate of drug-likeness (QED) is 0.433. The van der Waals surface area contributed by atoms with E-state index in [9.17, 15) is 4.79 Å². The van der Waals surface area contributed by atoms with Gasteiger partial charge in [-0.25, -0.2) is 0 Å². The van der Waals surface area contributed by atoms with Crippen molar-refractivity contribution in [3.8, 4) is 11.8 Å². The van der Waals surface area contributed by atoms with Crippen molar-refractivity contribution >= 4 is 14.0 Å². The van der Waals surface area contributed by atoms with E-state index in [1.807, 2.05) is 13.8 Å². The van der Waals surface area contributed by atoms with Gasteiger partial charge in [-0.3, -0.25) is 4.79 Å². The van der Waals surface area contributed by atoms with E-state index < -0.39 is 13.7 Å². The topological polar surface area (TPSA) is 26.3 Å². The van der Waals surface area contributed by atoms with Gasteiger partial charge in [0.15, 0.2) is 5.60 Å². The molecule has 0 aliphatic rings. The molecule has 0 aliphatic heterocycles. The van der Waals surface area contributed by atoms with Crippen LogP contribution in [0.1, 0.15) is 40.5 Å². The molecule has 1 atom stereocenters. The third-order valence-electron chi connectivity index (χ3n) is 2.57. The summed E-state index contributed by atoms with van der Waals surface area (Å²) in [6.07, 6.45) is 2.29. The van der Waals surface area contributed by atoms with Crippen LogP contribution < -0.4 is 0 Å². The Labute approximate surface area is 107 Å². The summed E-state index contributed by atoms with van der Waals surface area (Å²) in [6, 6.07) is 0. The number of hydrogen-bond donors (Lipinski definition) is 0. The highest BCUT2D eigenvalue weighted by Crippen LogP contribution is 2.26. The maximum Gasteiger partial charge on any atom is 0.304 e. The summed E-state index contributed by atoms with van der Waals surface area (Å²) in [5.41, 5.74) is -0.195. The third-order valence-corrected chi connectivity index (χ3v) is 5.09. The summed E-state index contributed by atoms with van der Waals surface area (Å²) in [7, 11) is -1.26. The highest BCUT2D eigenvalue weighted by molar-refractivity contribution is 6.78. The summed E-state index contributed by atoms with van der Waals surface area (Å²) in [5, 5.41) is 0. The van der Waals surface area contributed by atoms with Crippen LogP contribution in [0.4, 0.5) is 0 Å². The van der Waals surface area contributed by atoms with Crippen molar-refractivity contribution < 1.29 is 9.53 Å². The first kappa shape index (κ1) is 16.2. The Bertz CT molecular complexity index is 315. The SMILES string of the molecule is CCCC(C#CC(C)(C)OC(C)=O)[Si](C)(C)C. The fraction of sp³-hybridized carbons (Fsp3) is 0.786. The molecule has 0 heterocycles. The van der Waals surface area contributed by atoms with E-state index in [4.69, 9.17) is 4.74 Å². The number of esters is 1. The van der Waals surface area contributed by atoms with E-state index in [1.165, 1.54) is 6.92 Å². The van der Waals surface area contributed by atoms with Gasteiger partial charge < -0.3 is 4.74 Å². The molecule has 0 aromatic heterocycles. The second-order valence-electron chi connectivity index (χ2n) is 6.08. The zero-order valence-corrected chi connectivity index (χ0v) is 13.3. The lowest BCUT2D eigenvalue weighted by Gasteiger charge is -2.25. The molecule has 17 heavy (non-hydrogen) atoms. The standard InChI is InChI=1S/C14H26O2Si/c1-8-9-13(17(5,6)7)10-11-14(3,4)16-12(2)15/h13H,8-9H2,1-7H3. The predicted octanol–water partition coefficient (Wildman–Crippen LogP) is 3.84. The molecule has 0 amide bonds. The van der Waals surface area contributed by atoms with Crippen LogP contribution in [0.5, 0.6) is 0 Å². The van der Waals surface area contributed by atoms with Crippen molar-refractivity contribution in [2.75, 3.05) is 0 Å². The number of ether oxygens (including phenoxy) is 1. The minimum atomic E-state index is -1.26. The molecule has 0 bridgehead atoms. The molecule has 0 radical (unpaired) electrons. The molecule has 2 nitrogen and oxygen atoms in total. The molecule has 0 aromatic rings. The second kappa shape index (κ2) is 6.25. The van der Waals surface area contributed by atoms with Gasteiger partial charge in [0.2, 0.25) is 0 Å². The van der Waals surface area contributed by atoms with E-state index in [1.54, 1.807) is 0 Å². The first-order valence-corrected chi connectivity index (χ1v) is 9.88. The molecule has 0 aliphatic carbocycles. The van der Waals surface area contributed by atoms with Crippen molar-refractivity contribution in [2.24, 2.45) is 0 Å². The molecule has 0 spiro atoms. The molecule has 0 N–H and O–H groups in total. The highest BCUT2D eigenvalue weighted by Gasteiger charge is 2.25.